The Morgan fingerprint density at radius 3 is 2.81 bits per heavy atom. The van der Waals surface area contributed by atoms with Gasteiger partial charge in [0.2, 0.25) is 0 Å². The van der Waals surface area contributed by atoms with Gasteiger partial charge >= 0.3 is 5.97 Å². The molecule has 27 heavy (non-hydrogen) atoms. The first-order valence-electron chi connectivity index (χ1n) is 8.74. The quantitative estimate of drug-likeness (QED) is 0.656. The Morgan fingerprint density at radius 2 is 2.15 bits per heavy atom. The molecule has 9 nitrogen and oxygen atoms in total. The largest absolute Gasteiger partial charge is 0.465 e. The SMILES string of the molecule is COC(=O)c1cnc(Nc2cnc(C#N)cn2)cc1NC[C@@H]1CCCCN1. The van der Waals surface area contributed by atoms with Crippen LogP contribution in [0.3, 0.4) is 0 Å². The van der Waals surface area contributed by atoms with Crippen molar-refractivity contribution in [3.8, 4) is 6.07 Å². The van der Waals surface area contributed by atoms with Gasteiger partial charge in [0.25, 0.3) is 0 Å². The van der Waals surface area contributed by atoms with E-state index >= 15 is 0 Å². The van der Waals surface area contributed by atoms with Crippen LogP contribution in [0.15, 0.2) is 24.7 Å². The van der Waals surface area contributed by atoms with Crippen molar-refractivity contribution >= 4 is 23.3 Å². The summed E-state index contributed by atoms with van der Waals surface area (Å²) in [4.78, 5) is 24.3. The van der Waals surface area contributed by atoms with E-state index in [0.29, 0.717) is 35.5 Å². The lowest BCUT2D eigenvalue weighted by atomic mass is 10.0. The number of rotatable bonds is 6. The second kappa shape index (κ2) is 8.91. The molecule has 0 saturated carbocycles. The van der Waals surface area contributed by atoms with E-state index < -0.39 is 5.97 Å². The molecule has 1 fully saturated rings. The number of aromatic nitrogens is 3. The Kier molecular flexibility index (Phi) is 6.12. The maximum atomic E-state index is 12.0. The fourth-order valence-electron chi connectivity index (χ4n) is 2.86. The van der Waals surface area contributed by atoms with Crippen molar-refractivity contribution in [1.29, 1.82) is 5.26 Å². The normalized spacial score (nSPS) is 16.2. The predicted octanol–water partition coefficient (Wildman–Crippen LogP) is 1.83. The summed E-state index contributed by atoms with van der Waals surface area (Å²) in [5.41, 5.74) is 1.23. The van der Waals surface area contributed by atoms with Crippen LogP contribution in [-0.2, 0) is 4.74 Å². The highest BCUT2D eigenvalue weighted by Gasteiger charge is 2.17. The number of hydrogen-bond acceptors (Lipinski definition) is 9. The number of nitrogens with zero attached hydrogens (tertiary/aromatic N) is 4. The van der Waals surface area contributed by atoms with Crippen molar-refractivity contribution in [2.45, 2.75) is 25.3 Å². The second-order valence-corrected chi connectivity index (χ2v) is 6.16. The molecular weight excluding hydrogens is 346 g/mol. The summed E-state index contributed by atoms with van der Waals surface area (Å²) < 4.78 is 4.84. The van der Waals surface area contributed by atoms with Crippen LogP contribution >= 0.6 is 0 Å². The third-order valence-electron chi connectivity index (χ3n) is 4.28. The number of anilines is 3. The van der Waals surface area contributed by atoms with Gasteiger partial charge in [0.15, 0.2) is 5.69 Å². The molecule has 9 heteroatoms. The number of hydrogen-bond donors (Lipinski definition) is 3. The standard InChI is InChI=1S/C18H21N7O2/c1-27-18(26)14-10-24-16(25-17-11-21-13(7-19)9-23-17)6-15(14)22-8-12-4-2-3-5-20-12/h6,9-12,20H,2-5,8H2,1H3,(H2,22,23,24,25)/t12-/m0/s1. The van der Waals surface area contributed by atoms with E-state index in [1.54, 1.807) is 6.07 Å². The van der Waals surface area contributed by atoms with Crippen LogP contribution in [0, 0.1) is 11.3 Å². The van der Waals surface area contributed by atoms with Gasteiger partial charge in [-0.1, -0.05) is 6.42 Å². The average molecular weight is 367 g/mol. The molecule has 1 aliphatic heterocycles. The van der Waals surface area contributed by atoms with Gasteiger partial charge in [-0.15, -0.1) is 0 Å². The number of methoxy groups -OCH3 is 1. The van der Waals surface area contributed by atoms with E-state index in [0.717, 1.165) is 13.0 Å². The molecule has 0 amide bonds. The van der Waals surface area contributed by atoms with E-state index in [1.807, 2.05) is 6.07 Å². The minimum Gasteiger partial charge on any atom is -0.465 e. The zero-order chi connectivity index (χ0) is 19.1. The molecule has 3 N–H and O–H groups in total. The Morgan fingerprint density at radius 1 is 1.30 bits per heavy atom. The van der Waals surface area contributed by atoms with Gasteiger partial charge in [0.05, 0.1) is 25.2 Å². The number of nitrogens with one attached hydrogen (secondary N) is 3. The van der Waals surface area contributed by atoms with Gasteiger partial charge in [0.1, 0.15) is 23.3 Å². The second-order valence-electron chi connectivity index (χ2n) is 6.16. The van der Waals surface area contributed by atoms with Gasteiger partial charge in [-0.25, -0.2) is 19.7 Å². The Hall–Kier alpha value is -3.25. The van der Waals surface area contributed by atoms with E-state index in [1.165, 1.54) is 38.5 Å². The topological polar surface area (TPSA) is 125 Å². The van der Waals surface area contributed by atoms with Crippen molar-refractivity contribution < 1.29 is 9.53 Å². The zero-order valence-corrected chi connectivity index (χ0v) is 15.0. The first-order valence-corrected chi connectivity index (χ1v) is 8.74. The van der Waals surface area contributed by atoms with E-state index in [-0.39, 0.29) is 5.69 Å². The lowest BCUT2D eigenvalue weighted by Crippen LogP contribution is -2.39. The smallest absolute Gasteiger partial charge is 0.341 e. The van der Waals surface area contributed by atoms with Crippen LogP contribution in [0.2, 0.25) is 0 Å². The zero-order valence-electron chi connectivity index (χ0n) is 15.0. The van der Waals surface area contributed by atoms with Crippen molar-refractivity contribution in [3.05, 3.63) is 35.9 Å². The Labute approximate surface area is 157 Å². The summed E-state index contributed by atoms with van der Waals surface area (Å²) in [6, 6.07) is 4.01. The molecule has 1 aliphatic rings. The molecule has 1 saturated heterocycles. The number of carbonyl (C=O) groups excluding carboxylic acids is 1. The molecule has 0 aromatic carbocycles. The molecule has 3 heterocycles. The first-order chi connectivity index (χ1) is 13.2. The highest BCUT2D eigenvalue weighted by Crippen LogP contribution is 2.22. The average Bonchev–Trinajstić information content (AvgIpc) is 2.73. The third-order valence-corrected chi connectivity index (χ3v) is 4.28. The molecule has 3 rings (SSSR count). The Bertz CT molecular complexity index is 827. The number of pyridine rings is 1. The molecule has 0 spiro atoms. The van der Waals surface area contributed by atoms with Gasteiger partial charge in [0, 0.05) is 24.8 Å². The minimum atomic E-state index is -0.452. The van der Waals surface area contributed by atoms with Gasteiger partial charge in [-0.05, 0) is 19.4 Å². The van der Waals surface area contributed by atoms with E-state index in [4.69, 9.17) is 10.00 Å². The molecular formula is C18H21N7O2. The predicted molar refractivity (Wildman–Crippen MR) is 99.7 cm³/mol. The van der Waals surface area contributed by atoms with Crippen molar-refractivity contribution in [2.24, 2.45) is 0 Å². The summed E-state index contributed by atoms with van der Waals surface area (Å²) >= 11 is 0. The summed E-state index contributed by atoms with van der Waals surface area (Å²) in [6.07, 6.45) is 7.77. The van der Waals surface area contributed by atoms with Crippen molar-refractivity contribution in [3.63, 3.8) is 0 Å². The van der Waals surface area contributed by atoms with Crippen LogP contribution < -0.4 is 16.0 Å². The van der Waals surface area contributed by atoms with Crippen LogP contribution in [-0.4, -0.2) is 47.2 Å². The molecule has 0 unspecified atom stereocenters. The number of carbonyl (C=O) groups is 1. The van der Waals surface area contributed by atoms with Gasteiger partial charge < -0.3 is 20.7 Å². The lowest BCUT2D eigenvalue weighted by molar-refractivity contribution is 0.0601. The molecule has 2 aromatic heterocycles. The molecule has 1 atom stereocenters. The highest BCUT2D eigenvalue weighted by molar-refractivity contribution is 5.95. The summed E-state index contributed by atoms with van der Waals surface area (Å²) in [5.74, 6) is 0.499. The Balaban J connectivity index is 1.76. The molecule has 0 radical (unpaired) electrons. The van der Waals surface area contributed by atoms with Crippen LogP contribution in [0.5, 0.6) is 0 Å². The highest BCUT2D eigenvalue weighted by atomic mass is 16.5. The number of esters is 1. The van der Waals surface area contributed by atoms with E-state index in [2.05, 4.69) is 30.9 Å². The van der Waals surface area contributed by atoms with Crippen molar-refractivity contribution in [2.75, 3.05) is 30.8 Å². The molecule has 140 valence electrons. The summed E-state index contributed by atoms with van der Waals surface area (Å²) in [5, 5.41) is 18.6. The van der Waals surface area contributed by atoms with Crippen LogP contribution in [0.4, 0.5) is 17.3 Å². The van der Waals surface area contributed by atoms with Gasteiger partial charge in [-0.3, -0.25) is 0 Å². The molecule has 0 bridgehead atoms. The minimum absolute atomic E-state index is 0.233. The van der Waals surface area contributed by atoms with Crippen LogP contribution in [0.1, 0.15) is 35.3 Å². The van der Waals surface area contributed by atoms with E-state index in [9.17, 15) is 4.79 Å². The third kappa shape index (κ3) is 4.89. The summed E-state index contributed by atoms with van der Waals surface area (Å²) in [7, 11) is 1.34. The maximum Gasteiger partial charge on any atom is 0.341 e. The first kappa shape index (κ1) is 18.5. The maximum absolute atomic E-state index is 12.0. The fraction of sp³-hybridized carbons (Fsp3) is 0.389. The number of nitriles is 1. The monoisotopic (exact) mass is 367 g/mol. The number of piperidine rings is 1. The molecule has 2 aromatic rings. The lowest BCUT2D eigenvalue weighted by Gasteiger charge is -2.24. The summed E-state index contributed by atoms with van der Waals surface area (Å²) in [6.45, 7) is 1.71. The van der Waals surface area contributed by atoms with Crippen LogP contribution in [0.25, 0.3) is 0 Å². The molecule has 0 aliphatic carbocycles. The fourth-order valence-corrected chi connectivity index (χ4v) is 2.86. The van der Waals surface area contributed by atoms with Crippen molar-refractivity contribution in [1.82, 2.24) is 20.3 Å². The van der Waals surface area contributed by atoms with Gasteiger partial charge in [-0.2, -0.15) is 5.26 Å². The number of ether oxygens (including phenoxy) is 1.